The second kappa shape index (κ2) is 12.0. The number of rotatable bonds is 8. The van der Waals surface area contributed by atoms with Crippen molar-refractivity contribution in [1.29, 1.82) is 0 Å². The number of benzene rings is 4. The summed E-state index contributed by atoms with van der Waals surface area (Å²) in [6.45, 7) is 0. The van der Waals surface area contributed by atoms with Crippen LogP contribution in [-0.2, 0) is 0 Å². The zero-order chi connectivity index (χ0) is 33.2. The molecule has 0 saturated heterocycles. The van der Waals surface area contributed by atoms with Crippen molar-refractivity contribution in [2.24, 2.45) is 0 Å². The lowest BCUT2D eigenvalue weighted by atomic mass is 9.91. The Kier molecular flexibility index (Phi) is 8.61. The normalized spacial score (nSPS) is 10.4. The maximum atomic E-state index is 11.3. The summed E-state index contributed by atoms with van der Waals surface area (Å²) in [5.41, 5.74) is -4.00. The van der Waals surface area contributed by atoms with E-state index in [2.05, 4.69) is 0 Å². The Hall–Kier alpha value is -6.84. The molecule has 4 rings (SSSR count). The van der Waals surface area contributed by atoms with Crippen molar-refractivity contribution in [2.75, 3.05) is 0 Å². The molecule has 0 aliphatic rings. The van der Waals surface area contributed by atoms with E-state index in [1.807, 2.05) is 0 Å². The first kappa shape index (κ1) is 31.7. The van der Waals surface area contributed by atoms with Crippen molar-refractivity contribution in [2.45, 2.75) is 0 Å². The number of hydrogen-bond acceptors (Lipinski definition) is 8. The van der Waals surface area contributed by atoms with Crippen molar-refractivity contribution in [3.63, 3.8) is 0 Å². The maximum Gasteiger partial charge on any atom is 0.336 e. The van der Waals surface area contributed by atoms with Gasteiger partial charge >= 0.3 is 47.8 Å². The molecule has 0 atom stereocenters. The van der Waals surface area contributed by atoms with E-state index in [1.165, 1.54) is 0 Å². The predicted octanol–water partition coefficient (Wildman–Crippen LogP) is 3.27. The monoisotopic (exact) mass is 608 g/mol. The Morgan fingerprint density at radius 3 is 0.591 bits per heavy atom. The molecule has 0 bridgehead atoms. The van der Waals surface area contributed by atoms with Gasteiger partial charge in [-0.2, -0.15) is 0 Å². The van der Waals surface area contributed by atoms with Crippen LogP contribution in [0, 0.1) is 0 Å². The summed E-state index contributed by atoms with van der Waals surface area (Å²) in [6.07, 6.45) is 0. The first-order valence-corrected chi connectivity index (χ1v) is 11.6. The molecule has 16 heteroatoms. The standard InChI is InChI=1S/2C14H8O8/c15-11(16)7-1-5-2-9(13(19)20)10(14(21)22)4-6(5)3-8(7)12(17)18;15-11(16)5-1-2-6(12(17)18)10-8(14(21)22)4-3-7(9(5)10)13(19)20/h2*1-4H,(H,15,16)(H,17,18)(H,19,20)(H,21,22). The summed E-state index contributed by atoms with van der Waals surface area (Å²) < 4.78 is 0. The van der Waals surface area contributed by atoms with Crippen LogP contribution < -0.4 is 0 Å². The first-order valence-electron chi connectivity index (χ1n) is 11.6. The highest BCUT2D eigenvalue weighted by Gasteiger charge is 2.25. The van der Waals surface area contributed by atoms with Crippen LogP contribution in [0.25, 0.3) is 21.5 Å². The van der Waals surface area contributed by atoms with E-state index >= 15 is 0 Å². The Morgan fingerprint density at radius 2 is 0.455 bits per heavy atom. The smallest absolute Gasteiger partial charge is 0.336 e. The molecule has 0 aliphatic carbocycles. The predicted molar refractivity (Wildman–Crippen MR) is 144 cm³/mol. The Morgan fingerprint density at radius 1 is 0.295 bits per heavy atom. The number of hydrogen-bond donors (Lipinski definition) is 8. The minimum atomic E-state index is -1.49. The fourth-order valence-corrected chi connectivity index (χ4v) is 4.27. The molecular weight excluding hydrogens is 592 g/mol. The van der Waals surface area contributed by atoms with Gasteiger partial charge in [-0.1, -0.05) is 0 Å². The minimum absolute atomic E-state index is 0.116. The van der Waals surface area contributed by atoms with Crippen LogP contribution in [0.5, 0.6) is 0 Å². The molecule has 8 N–H and O–H groups in total. The molecule has 0 spiro atoms. The topological polar surface area (TPSA) is 298 Å². The average Bonchev–Trinajstić information content (AvgIpc) is 2.94. The summed E-state index contributed by atoms with van der Waals surface area (Å²) in [6, 6.07) is 7.74. The molecule has 0 heterocycles. The van der Waals surface area contributed by atoms with E-state index in [4.69, 9.17) is 40.9 Å². The van der Waals surface area contributed by atoms with Gasteiger partial charge in [-0.05, 0) is 59.3 Å². The van der Waals surface area contributed by atoms with Crippen molar-refractivity contribution in [3.05, 3.63) is 93.0 Å². The third-order valence-electron chi connectivity index (χ3n) is 6.12. The van der Waals surface area contributed by atoms with Crippen molar-refractivity contribution >= 4 is 69.3 Å². The van der Waals surface area contributed by atoms with Crippen LogP contribution in [0.1, 0.15) is 82.9 Å². The number of fused-ring (bicyclic) bond motifs is 2. The van der Waals surface area contributed by atoms with Crippen LogP contribution in [0.2, 0.25) is 0 Å². The lowest BCUT2D eigenvalue weighted by molar-refractivity contribution is 0.0651. The average molecular weight is 608 g/mol. The lowest BCUT2D eigenvalue weighted by Gasteiger charge is -2.11. The summed E-state index contributed by atoms with van der Waals surface area (Å²) in [4.78, 5) is 89.4. The van der Waals surface area contributed by atoms with E-state index in [-0.39, 0.29) is 10.8 Å². The fraction of sp³-hybridized carbons (Fsp3) is 0. The van der Waals surface area contributed by atoms with Gasteiger partial charge in [-0.3, -0.25) is 0 Å². The van der Waals surface area contributed by atoms with Gasteiger partial charge in [0.2, 0.25) is 0 Å². The van der Waals surface area contributed by atoms with Gasteiger partial charge in [0.25, 0.3) is 0 Å². The Bertz CT molecular complexity index is 1710. The molecule has 224 valence electrons. The molecule has 0 fully saturated rings. The second-order valence-corrected chi connectivity index (χ2v) is 8.66. The highest BCUT2D eigenvalue weighted by molar-refractivity contribution is 6.21. The van der Waals surface area contributed by atoms with E-state index in [1.54, 1.807) is 0 Å². The van der Waals surface area contributed by atoms with E-state index < -0.39 is 103 Å². The van der Waals surface area contributed by atoms with Gasteiger partial charge in [0, 0.05) is 10.8 Å². The molecule has 0 radical (unpaired) electrons. The van der Waals surface area contributed by atoms with E-state index in [0.29, 0.717) is 0 Å². The quantitative estimate of drug-likeness (QED) is 0.142. The highest BCUT2D eigenvalue weighted by atomic mass is 16.4. The molecule has 16 nitrogen and oxygen atoms in total. The zero-order valence-electron chi connectivity index (χ0n) is 21.5. The van der Waals surface area contributed by atoms with E-state index in [9.17, 15) is 38.4 Å². The highest BCUT2D eigenvalue weighted by Crippen LogP contribution is 2.31. The zero-order valence-corrected chi connectivity index (χ0v) is 21.5. The second-order valence-electron chi connectivity index (χ2n) is 8.66. The molecule has 0 unspecified atom stereocenters. The minimum Gasteiger partial charge on any atom is -0.478 e. The van der Waals surface area contributed by atoms with Gasteiger partial charge < -0.3 is 40.9 Å². The van der Waals surface area contributed by atoms with Crippen molar-refractivity contribution in [1.82, 2.24) is 0 Å². The van der Waals surface area contributed by atoms with Crippen LogP contribution >= 0.6 is 0 Å². The summed E-state index contributed by atoms with van der Waals surface area (Å²) in [5.74, 6) is -11.9. The molecule has 4 aromatic rings. The first-order chi connectivity index (χ1) is 20.5. The van der Waals surface area contributed by atoms with Gasteiger partial charge in [0.15, 0.2) is 0 Å². The van der Waals surface area contributed by atoms with Crippen molar-refractivity contribution < 1.29 is 79.2 Å². The molecule has 0 aliphatic heterocycles. The van der Waals surface area contributed by atoms with Crippen LogP contribution in [0.4, 0.5) is 0 Å². The van der Waals surface area contributed by atoms with Crippen LogP contribution in [-0.4, -0.2) is 88.6 Å². The molecule has 0 amide bonds. The Balaban J connectivity index is 0.000000240. The molecular formula is C28H16O16. The molecule has 4 aromatic carbocycles. The molecule has 0 saturated carbocycles. The van der Waals surface area contributed by atoms with Gasteiger partial charge in [-0.25, -0.2) is 38.4 Å². The summed E-state index contributed by atoms with van der Waals surface area (Å²) in [5, 5.41) is 72.1. The SMILES string of the molecule is O=C(O)c1cc2cc(C(=O)O)c(C(=O)O)cc2cc1C(=O)O.O=C(O)c1ccc(C(=O)O)c2c(C(=O)O)ccc(C(=O)O)c12. The number of carboxylic acids is 8. The third kappa shape index (κ3) is 5.93. The fourth-order valence-electron chi connectivity index (χ4n) is 4.27. The molecule has 0 aromatic heterocycles. The van der Waals surface area contributed by atoms with Gasteiger partial charge in [0.1, 0.15) is 0 Å². The number of carbonyl (C=O) groups is 8. The van der Waals surface area contributed by atoms with E-state index in [0.717, 1.165) is 48.5 Å². The van der Waals surface area contributed by atoms with Crippen LogP contribution in [0.3, 0.4) is 0 Å². The van der Waals surface area contributed by atoms with Gasteiger partial charge in [0.05, 0.1) is 44.5 Å². The maximum absolute atomic E-state index is 11.3. The summed E-state index contributed by atoms with van der Waals surface area (Å²) in [7, 11) is 0. The molecule has 44 heavy (non-hydrogen) atoms. The van der Waals surface area contributed by atoms with Crippen LogP contribution in [0.15, 0.2) is 48.5 Å². The Labute approximate surface area is 241 Å². The lowest BCUT2D eigenvalue weighted by Crippen LogP contribution is -2.11. The number of carboxylic acid groups (broad SMARTS) is 8. The largest absolute Gasteiger partial charge is 0.478 e. The third-order valence-corrected chi connectivity index (χ3v) is 6.12. The van der Waals surface area contributed by atoms with Crippen molar-refractivity contribution in [3.8, 4) is 0 Å². The van der Waals surface area contributed by atoms with Gasteiger partial charge in [-0.15, -0.1) is 0 Å². The number of aromatic carboxylic acids is 8. The summed E-state index contributed by atoms with van der Waals surface area (Å²) >= 11 is 0.